The summed E-state index contributed by atoms with van der Waals surface area (Å²) in [5.74, 6) is 6.15. The van der Waals surface area contributed by atoms with Gasteiger partial charge in [0.05, 0.1) is 12.8 Å². The minimum atomic E-state index is -0.209. The number of carbonyl (C=O) groups is 1. The van der Waals surface area contributed by atoms with Gasteiger partial charge >= 0.3 is 0 Å². The summed E-state index contributed by atoms with van der Waals surface area (Å²) in [7, 11) is 1.76. The molecule has 0 bridgehead atoms. The highest BCUT2D eigenvalue weighted by Crippen LogP contribution is 2.09. The molecule has 0 spiro atoms. The number of carbonyl (C=O) groups excluding carboxylic acids is 1. The summed E-state index contributed by atoms with van der Waals surface area (Å²) < 4.78 is 1.59. The number of aliphatic hydroxyl groups excluding tert-OH is 1. The van der Waals surface area contributed by atoms with Gasteiger partial charge in [0.25, 0.3) is 5.91 Å². The van der Waals surface area contributed by atoms with Gasteiger partial charge in [-0.15, -0.1) is 0 Å². The predicted octanol–water partition coefficient (Wildman–Crippen LogP) is 1.41. The van der Waals surface area contributed by atoms with Gasteiger partial charge in [0.1, 0.15) is 5.82 Å². The minimum absolute atomic E-state index is 0.0354. The van der Waals surface area contributed by atoms with Gasteiger partial charge < -0.3 is 10.4 Å². The van der Waals surface area contributed by atoms with E-state index in [0.717, 1.165) is 5.56 Å². The van der Waals surface area contributed by atoms with Crippen LogP contribution in [0.5, 0.6) is 0 Å². The lowest BCUT2D eigenvalue weighted by Gasteiger charge is -2.05. The highest BCUT2D eigenvalue weighted by atomic mass is 16.2. The van der Waals surface area contributed by atoms with E-state index in [0.29, 0.717) is 17.8 Å². The molecule has 0 aliphatic carbocycles. The summed E-state index contributed by atoms with van der Waals surface area (Å²) in [5.41, 5.74) is 1.28. The molecule has 0 fully saturated rings. The van der Waals surface area contributed by atoms with Crippen LogP contribution in [-0.2, 0) is 7.05 Å². The van der Waals surface area contributed by atoms with Crippen molar-refractivity contribution in [2.24, 2.45) is 7.05 Å². The van der Waals surface area contributed by atoms with Crippen LogP contribution in [0, 0.1) is 11.8 Å². The number of aryl methyl sites for hydroxylation is 1. The van der Waals surface area contributed by atoms with Crippen molar-refractivity contribution in [2.75, 3.05) is 11.9 Å². The maximum Gasteiger partial charge on any atom is 0.256 e. The number of hydrogen-bond donors (Lipinski definition) is 2. The van der Waals surface area contributed by atoms with Crippen LogP contribution in [0.2, 0.25) is 0 Å². The number of amides is 1. The Labute approximate surface area is 117 Å². The highest BCUT2D eigenvalue weighted by Gasteiger charge is 2.08. The van der Waals surface area contributed by atoms with E-state index in [1.165, 1.54) is 0 Å². The average molecular weight is 269 g/mol. The maximum absolute atomic E-state index is 12.1. The van der Waals surface area contributed by atoms with E-state index in [2.05, 4.69) is 22.3 Å². The van der Waals surface area contributed by atoms with Crippen molar-refractivity contribution < 1.29 is 9.90 Å². The van der Waals surface area contributed by atoms with Gasteiger partial charge in [-0.2, -0.15) is 5.10 Å². The standard InChI is InChI=1S/C15H15N3O2/c1-18-14(8-9-16-18)17-15(20)13-7-4-6-12(11-13)5-2-3-10-19/h4,6-9,11,19H,3,10H2,1H3,(H,17,20). The largest absolute Gasteiger partial charge is 0.395 e. The van der Waals surface area contributed by atoms with Crippen LogP contribution in [0.25, 0.3) is 0 Å². The zero-order valence-corrected chi connectivity index (χ0v) is 11.1. The molecule has 20 heavy (non-hydrogen) atoms. The van der Waals surface area contributed by atoms with Crippen LogP contribution in [-0.4, -0.2) is 27.4 Å². The number of hydrogen-bond acceptors (Lipinski definition) is 3. The van der Waals surface area contributed by atoms with Crippen LogP contribution in [0.1, 0.15) is 22.3 Å². The Morgan fingerprint density at radius 1 is 1.45 bits per heavy atom. The van der Waals surface area contributed by atoms with Gasteiger partial charge in [0, 0.05) is 30.7 Å². The number of aromatic nitrogens is 2. The Balaban J connectivity index is 2.13. The van der Waals surface area contributed by atoms with E-state index >= 15 is 0 Å². The Bertz CT molecular complexity index is 665. The third kappa shape index (κ3) is 3.46. The van der Waals surface area contributed by atoms with E-state index in [4.69, 9.17) is 5.11 Å². The summed E-state index contributed by atoms with van der Waals surface area (Å²) in [4.78, 5) is 12.1. The second kappa shape index (κ2) is 6.55. The zero-order chi connectivity index (χ0) is 14.4. The van der Waals surface area contributed by atoms with Crippen molar-refractivity contribution in [1.29, 1.82) is 0 Å². The Hall–Kier alpha value is -2.58. The summed E-state index contributed by atoms with van der Waals surface area (Å²) in [6, 6.07) is 8.77. The summed E-state index contributed by atoms with van der Waals surface area (Å²) in [6.45, 7) is 0.0354. The molecule has 5 nitrogen and oxygen atoms in total. The number of rotatable bonds is 3. The second-order valence-corrected chi connectivity index (χ2v) is 4.15. The molecule has 1 aromatic carbocycles. The first-order valence-corrected chi connectivity index (χ1v) is 6.20. The first-order chi connectivity index (χ1) is 9.70. The molecule has 0 saturated carbocycles. The summed E-state index contributed by atoms with van der Waals surface area (Å²) in [6.07, 6.45) is 2.04. The van der Waals surface area contributed by atoms with Crippen molar-refractivity contribution in [1.82, 2.24) is 9.78 Å². The molecule has 0 aliphatic heterocycles. The van der Waals surface area contributed by atoms with E-state index in [1.807, 2.05) is 6.07 Å². The monoisotopic (exact) mass is 269 g/mol. The molecule has 2 N–H and O–H groups in total. The van der Waals surface area contributed by atoms with Crippen molar-refractivity contribution in [2.45, 2.75) is 6.42 Å². The molecule has 2 aromatic rings. The summed E-state index contributed by atoms with van der Waals surface area (Å²) >= 11 is 0. The Morgan fingerprint density at radius 2 is 2.30 bits per heavy atom. The fourth-order valence-electron chi connectivity index (χ4n) is 1.64. The van der Waals surface area contributed by atoms with Gasteiger partial charge in [-0.25, -0.2) is 0 Å². The number of nitrogens with zero attached hydrogens (tertiary/aromatic N) is 2. The lowest BCUT2D eigenvalue weighted by Crippen LogP contribution is -2.14. The zero-order valence-electron chi connectivity index (χ0n) is 11.1. The van der Waals surface area contributed by atoms with E-state index in [1.54, 1.807) is 42.2 Å². The molecular weight excluding hydrogens is 254 g/mol. The number of benzene rings is 1. The topological polar surface area (TPSA) is 67.2 Å². The van der Waals surface area contributed by atoms with Gasteiger partial charge in [-0.3, -0.25) is 9.48 Å². The SMILES string of the molecule is Cn1nccc1NC(=O)c1cccc(C#CCCO)c1. The molecule has 1 heterocycles. The molecule has 0 radical (unpaired) electrons. The fraction of sp³-hybridized carbons (Fsp3) is 0.200. The molecule has 5 heteroatoms. The van der Waals surface area contributed by atoms with Gasteiger partial charge in [0.2, 0.25) is 0 Å². The summed E-state index contributed by atoms with van der Waals surface area (Å²) in [5, 5.41) is 15.4. The van der Waals surface area contributed by atoms with Crippen LogP contribution >= 0.6 is 0 Å². The lowest BCUT2D eigenvalue weighted by molar-refractivity contribution is 0.102. The predicted molar refractivity (Wildman–Crippen MR) is 76.2 cm³/mol. The first-order valence-electron chi connectivity index (χ1n) is 6.20. The normalized spacial score (nSPS) is 9.70. The number of nitrogens with one attached hydrogen (secondary N) is 1. The van der Waals surface area contributed by atoms with Crippen molar-refractivity contribution in [3.8, 4) is 11.8 Å². The highest BCUT2D eigenvalue weighted by molar-refractivity contribution is 6.04. The van der Waals surface area contributed by atoms with Crippen LogP contribution < -0.4 is 5.32 Å². The quantitative estimate of drug-likeness (QED) is 0.828. The van der Waals surface area contributed by atoms with Crippen molar-refractivity contribution >= 4 is 11.7 Å². The first kappa shape index (κ1) is 13.8. The molecule has 0 unspecified atom stereocenters. The van der Waals surface area contributed by atoms with Crippen molar-refractivity contribution in [3.05, 3.63) is 47.7 Å². The smallest absolute Gasteiger partial charge is 0.256 e. The fourth-order valence-corrected chi connectivity index (χ4v) is 1.64. The second-order valence-electron chi connectivity index (χ2n) is 4.15. The Morgan fingerprint density at radius 3 is 3.00 bits per heavy atom. The Kier molecular flexibility index (Phi) is 4.53. The molecule has 0 aliphatic rings. The lowest BCUT2D eigenvalue weighted by atomic mass is 10.1. The molecule has 102 valence electrons. The maximum atomic E-state index is 12.1. The molecule has 1 aromatic heterocycles. The number of anilines is 1. The van der Waals surface area contributed by atoms with E-state index in [9.17, 15) is 4.79 Å². The third-order valence-electron chi connectivity index (χ3n) is 2.66. The number of aliphatic hydroxyl groups is 1. The molecule has 0 saturated heterocycles. The minimum Gasteiger partial charge on any atom is -0.395 e. The molecular formula is C15H15N3O2. The van der Waals surface area contributed by atoms with Crippen LogP contribution in [0.3, 0.4) is 0 Å². The average Bonchev–Trinajstić information content (AvgIpc) is 2.85. The van der Waals surface area contributed by atoms with Gasteiger partial charge in [-0.05, 0) is 18.2 Å². The van der Waals surface area contributed by atoms with Crippen LogP contribution in [0.4, 0.5) is 5.82 Å². The molecule has 2 rings (SSSR count). The van der Waals surface area contributed by atoms with E-state index < -0.39 is 0 Å². The van der Waals surface area contributed by atoms with Crippen LogP contribution in [0.15, 0.2) is 36.5 Å². The molecule has 1 amide bonds. The van der Waals surface area contributed by atoms with E-state index in [-0.39, 0.29) is 12.5 Å². The van der Waals surface area contributed by atoms with Gasteiger partial charge in [-0.1, -0.05) is 17.9 Å². The third-order valence-corrected chi connectivity index (χ3v) is 2.66. The van der Waals surface area contributed by atoms with Gasteiger partial charge in [0.15, 0.2) is 0 Å². The van der Waals surface area contributed by atoms with Crippen molar-refractivity contribution in [3.63, 3.8) is 0 Å². The molecule has 0 atom stereocenters.